The van der Waals surface area contributed by atoms with Crippen LogP contribution < -0.4 is 15.0 Å². The van der Waals surface area contributed by atoms with E-state index >= 15 is 0 Å². The van der Waals surface area contributed by atoms with Crippen LogP contribution >= 0.6 is 0 Å². The zero-order valence-electron chi connectivity index (χ0n) is 17.0. The second-order valence-electron chi connectivity index (χ2n) is 7.07. The van der Waals surface area contributed by atoms with Crippen molar-refractivity contribution in [2.24, 2.45) is 0 Å². The van der Waals surface area contributed by atoms with Gasteiger partial charge in [0.15, 0.2) is 0 Å². The first-order valence-corrected chi connectivity index (χ1v) is 9.63. The number of rotatable bonds is 5. The highest BCUT2D eigenvalue weighted by Gasteiger charge is 2.40. The average Bonchev–Trinajstić information content (AvgIpc) is 3.04. The van der Waals surface area contributed by atoms with E-state index in [0.29, 0.717) is 28.3 Å². The van der Waals surface area contributed by atoms with Crippen LogP contribution in [0.25, 0.3) is 5.57 Å². The smallest absolute Gasteiger partial charge is 0.282 e. The van der Waals surface area contributed by atoms with Gasteiger partial charge in [-0.2, -0.15) is 5.26 Å². The fourth-order valence-electron chi connectivity index (χ4n) is 3.37. The largest absolute Gasteiger partial charge is 0.497 e. The summed E-state index contributed by atoms with van der Waals surface area (Å²) >= 11 is 0. The minimum absolute atomic E-state index is 0.198. The molecule has 4 rings (SSSR count). The molecule has 1 aliphatic rings. The third-order valence-corrected chi connectivity index (χ3v) is 5.04. The molecule has 31 heavy (non-hydrogen) atoms. The summed E-state index contributed by atoms with van der Waals surface area (Å²) in [6.45, 7) is 1.97. The van der Waals surface area contributed by atoms with Gasteiger partial charge in [0, 0.05) is 5.69 Å². The number of carbonyl (C=O) groups is 2. The predicted octanol–water partition coefficient (Wildman–Crippen LogP) is 4.27. The minimum atomic E-state index is -0.457. The summed E-state index contributed by atoms with van der Waals surface area (Å²) in [5.41, 5.74) is 3.72. The lowest BCUT2D eigenvalue weighted by atomic mass is 10.0. The molecule has 0 aliphatic carbocycles. The molecule has 0 aromatic heterocycles. The van der Waals surface area contributed by atoms with Crippen LogP contribution in [-0.4, -0.2) is 18.9 Å². The van der Waals surface area contributed by atoms with Gasteiger partial charge < -0.3 is 10.1 Å². The number of methoxy groups -OCH3 is 1. The molecule has 6 heteroatoms. The maximum atomic E-state index is 13.4. The number of nitrogens with zero attached hydrogens (tertiary/aromatic N) is 2. The molecule has 0 bridgehead atoms. The highest BCUT2D eigenvalue weighted by atomic mass is 16.5. The predicted molar refractivity (Wildman–Crippen MR) is 118 cm³/mol. The maximum absolute atomic E-state index is 13.4. The standard InChI is InChI=1S/C25H19N3O3/c1-16-3-9-19(10-4-16)27-23-22(18-7-13-21(31-2)14-8-18)24(29)28(25(23)30)20-11-5-17(15-26)6-12-20/h3-14,27H,1-2H3. The molecule has 0 spiro atoms. The number of amides is 2. The van der Waals surface area contributed by atoms with Gasteiger partial charge >= 0.3 is 0 Å². The first kappa shape index (κ1) is 19.9. The molecule has 1 N–H and O–H groups in total. The van der Waals surface area contributed by atoms with E-state index in [1.807, 2.05) is 37.3 Å². The Morgan fingerprint density at radius 2 is 1.52 bits per heavy atom. The molecule has 0 saturated heterocycles. The molecular formula is C25H19N3O3. The van der Waals surface area contributed by atoms with Crippen molar-refractivity contribution in [3.8, 4) is 11.8 Å². The molecular weight excluding hydrogens is 390 g/mol. The maximum Gasteiger partial charge on any atom is 0.282 e. The Morgan fingerprint density at radius 3 is 2.10 bits per heavy atom. The van der Waals surface area contributed by atoms with Crippen LogP contribution in [0.15, 0.2) is 78.5 Å². The molecule has 0 unspecified atom stereocenters. The topological polar surface area (TPSA) is 82.4 Å². The number of anilines is 2. The first-order chi connectivity index (χ1) is 15.0. The van der Waals surface area contributed by atoms with Gasteiger partial charge in [-0.3, -0.25) is 9.59 Å². The third-order valence-electron chi connectivity index (χ3n) is 5.04. The van der Waals surface area contributed by atoms with Crippen molar-refractivity contribution in [1.29, 1.82) is 5.26 Å². The summed E-state index contributed by atoms with van der Waals surface area (Å²) in [6, 6.07) is 22.9. The van der Waals surface area contributed by atoms with Gasteiger partial charge in [0.25, 0.3) is 11.8 Å². The number of ether oxygens (including phenoxy) is 1. The van der Waals surface area contributed by atoms with Crippen molar-refractivity contribution in [2.45, 2.75) is 6.92 Å². The second-order valence-corrected chi connectivity index (χ2v) is 7.07. The van der Waals surface area contributed by atoms with E-state index in [2.05, 4.69) is 5.32 Å². The van der Waals surface area contributed by atoms with Gasteiger partial charge in [0.2, 0.25) is 0 Å². The number of benzene rings is 3. The van der Waals surface area contributed by atoms with E-state index in [1.165, 1.54) is 0 Å². The van der Waals surface area contributed by atoms with Gasteiger partial charge in [-0.25, -0.2) is 4.90 Å². The molecule has 6 nitrogen and oxygen atoms in total. The molecule has 3 aromatic carbocycles. The van der Waals surface area contributed by atoms with Crippen LogP contribution in [0.2, 0.25) is 0 Å². The van der Waals surface area contributed by atoms with E-state index < -0.39 is 11.8 Å². The molecule has 0 fully saturated rings. The summed E-state index contributed by atoms with van der Waals surface area (Å²) in [6.07, 6.45) is 0. The lowest BCUT2D eigenvalue weighted by Gasteiger charge is -2.15. The SMILES string of the molecule is COc1ccc(C2=C(Nc3ccc(C)cc3)C(=O)N(c3ccc(C#N)cc3)C2=O)cc1. The molecule has 1 heterocycles. The number of nitriles is 1. The van der Waals surface area contributed by atoms with Gasteiger partial charge in [0.05, 0.1) is 30.0 Å². The van der Waals surface area contributed by atoms with Gasteiger partial charge in [0.1, 0.15) is 11.4 Å². The van der Waals surface area contributed by atoms with E-state index in [0.717, 1.165) is 10.5 Å². The van der Waals surface area contributed by atoms with E-state index in [4.69, 9.17) is 10.00 Å². The molecule has 1 aliphatic heterocycles. The lowest BCUT2D eigenvalue weighted by Crippen LogP contribution is -2.32. The summed E-state index contributed by atoms with van der Waals surface area (Å²) in [5.74, 6) is -0.242. The zero-order valence-corrected chi connectivity index (χ0v) is 17.0. The Labute approximate surface area is 180 Å². The van der Waals surface area contributed by atoms with Crippen LogP contribution in [0.5, 0.6) is 5.75 Å². The lowest BCUT2D eigenvalue weighted by molar-refractivity contribution is -0.120. The summed E-state index contributed by atoms with van der Waals surface area (Å²) in [5, 5.41) is 12.2. The number of nitrogens with one attached hydrogen (secondary N) is 1. The fraction of sp³-hybridized carbons (Fsp3) is 0.0800. The minimum Gasteiger partial charge on any atom is -0.497 e. The molecule has 2 amide bonds. The van der Waals surface area contributed by atoms with E-state index in [1.54, 1.807) is 55.6 Å². The van der Waals surface area contributed by atoms with Crippen molar-refractivity contribution in [3.05, 3.63) is 95.2 Å². The number of hydrogen-bond donors (Lipinski definition) is 1. The van der Waals surface area contributed by atoms with Gasteiger partial charge in [-0.1, -0.05) is 29.8 Å². The van der Waals surface area contributed by atoms with Crippen molar-refractivity contribution in [1.82, 2.24) is 0 Å². The normalized spacial score (nSPS) is 13.4. The number of hydrogen-bond acceptors (Lipinski definition) is 5. The van der Waals surface area contributed by atoms with Crippen LogP contribution in [0.3, 0.4) is 0 Å². The highest BCUT2D eigenvalue weighted by molar-refractivity contribution is 6.46. The summed E-state index contributed by atoms with van der Waals surface area (Å²) in [4.78, 5) is 27.9. The van der Waals surface area contributed by atoms with Crippen LogP contribution in [0.4, 0.5) is 11.4 Å². The third kappa shape index (κ3) is 3.77. The van der Waals surface area contributed by atoms with Gasteiger partial charge in [-0.15, -0.1) is 0 Å². The Morgan fingerprint density at radius 1 is 0.871 bits per heavy atom. The quantitative estimate of drug-likeness (QED) is 0.637. The average molecular weight is 409 g/mol. The summed E-state index contributed by atoms with van der Waals surface area (Å²) < 4.78 is 5.21. The molecule has 3 aromatic rings. The Kier molecular flexibility index (Phi) is 5.25. The zero-order chi connectivity index (χ0) is 22.0. The Bertz CT molecular complexity index is 1220. The molecule has 0 atom stereocenters. The molecule has 152 valence electrons. The molecule has 0 saturated carbocycles. The number of carbonyl (C=O) groups excluding carboxylic acids is 2. The van der Waals surface area contributed by atoms with Crippen molar-refractivity contribution in [2.75, 3.05) is 17.3 Å². The highest BCUT2D eigenvalue weighted by Crippen LogP contribution is 2.34. The Hall–Kier alpha value is -4.37. The van der Waals surface area contributed by atoms with Crippen LogP contribution in [0.1, 0.15) is 16.7 Å². The van der Waals surface area contributed by atoms with Crippen molar-refractivity contribution < 1.29 is 14.3 Å². The molecule has 0 radical (unpaired) electrons. The number of aryl methyl sites for hydroxylation is 1. The van der Waals surface area contributed by atoms with Crippen LogP contribution in [-0.2, 0) is 9.59 Å². The first-order valence-electron chi connectivity index (χ1n) is 9.63. The number of imide groups is 1. The summed E-state index contributed by atoms with van der Waals surface area (Å²) in [7, 11) is 1.57. The fourth-order valence-corrected chi connectivity index (χ4v) is 3.37. The van der Waals surface area contributed by atoms with E-state index in [9.17, 15) is 9.59 Å². The van der Waals surface area contributed by atoms with Gasteiger partial charge in [-0.05, 0) is 61.0 Å². The monoisotopic (exact) mass is 409 g/mol. The Balaban J connectivity index is 1.79. The van der Waals surface area contributed by atoms with Crippen molar-refractivity contribution >= 4 is 28.8 Å². The second kappa shape index (κ2) is 8.17. The van der Waals surface area contributed by atoms with E-state index in [-0.39, 0.29) is 11.3 Å². The van der Waals surface area contributed by atoms with Crippen LogP contribution in [0, 0.1) is 18.3 Å². The van der Waals surface area contributed by atoms with Crippen molar-refractivity contribution in [3.63, 3.8) is 0 Å².